The van der Waals surface area contributed by atoms with Crippen LogP contribution in [0.2, 0.25) is 0 Å². The van der Waals surface area contributed by atoms with Crippen LogP contribution in [0.5, 0.6) is 0 Å². The van der Waals surface area contributed by atoms with E-state index >= 15 is 0 Å². The SMILES string of the molecule is COC(=O)c1nc(N)[nH]c(=O)c1CCCCCc1c(C(=O)OC)nc(N)[nH]c1=O. The molecule has 2 aromatic rings. The fourth-order valence-electron chi connectivity index (χ4n) is 2.81. The number of aromatic amines is 2. The molecule has 0 saturated carbocycles. The molecule has 0 aliphatic heterocycles. The van der Waals surface area contributed by atoms with Crippen molar-refractivity contribution in [3.8, 4) is 0 Å². The van der Waals surface area contributed by atoms with Gasteiger partial charge in [0.25, 0.3) is 11.1 Å². The molecule has 12 nitrogen and oxygen atoms in total. The molecule has 2 aromatic heterocycles. The second-order valence-electron chi connectivity index (χ2n) is 6.10. The predicted octanol–water partition coefficient (Wildman–Crippen LogP) is -0.454. The first-order valence-electron chi connectivity index (χ1n) is 8.72. The van der Waals surface area contributed by atoms with Crippen molar-refractivity contribution in [1.82, 2.24) is 19.9 Å². The van der Waals surface area contributed by atoms with Crippen LogP contribution in [-0.4, -0.2) is 46.1 Å². The van der Waals surface area contributed by atoms with Crippen LogP contribution in [0.3, 0.4) is 0 Å². The molecule has 0 unspecified atom stereocenters. The topological polar surface area (TPSA) is 196 Å². The molecule has 0 spiro atoms. The molecular weight excluding hydrogens is 384 g/mol. The first-order valence-corrected chi connectivity index (χ1v) is 8.72. The van der Waals surface area contributed by atoms with E-state index in [0.717, 1.165) is 0 Å². The van der Waals surface area contributed by atoms with Crippen molar-refractivity contribution in [2.24, 2.45) is 0 Å². The van der Waals surface area contributed by atoms with E-state index in [4.69, 9.17) is 11.5 Å². The molecule has 156 valence electrons. The third-order valence-electron chi connectivity index (χ3n) is 4.18. The van der Waals surface area contributed by atoms with E-state index in [9.17, 15) is 19.2 Å². The first-order chi connectivity index (χ1) is 13.8. The number of esters is 2. The van der Waals surface area contributed by atoms with Gasteiger partial charge in [-0.05, 0) is 25.7 Å². The largest absolute Gasteiger partial charge is 0.464 e. The number of nitrogens with zero attached hydrogens (tertiary/aromatic N) is 2. The number of nitrogen functional groups attached to an aromatic ring is 2. The Bertz CT molecular complexity index is 947. The van der Waals surface area contributed by atoms with Gasteiger partial charge >= 0.3 is 11.9 Å². The molecule has 0 saturated heterocycles. The Kier molecular flexibility index (Phi) is 7.06. The van der Waals surface area contributed by atoms with Gasteiger partial charge in [-0.25, -0.2) is 19.6 Å². The lowest BCUT2D eigenvalue weighted by molar-refractivity contribution is 0.0583. The average Bonchev–Trinajstić information content (AvgIpc) is 2.68. The summed E-state index contributed by atoms with van der Waals surface area (Å²) in [7, 11) is 2.37. The second kappa shape index (κ2) is 9.48. The Morgan fingerprint density at radius 1 is 0.793 bits per heavy atom. The lowest BCUT2D eigenvalue weighted by Crippen LogP contribution is -2.23. The number of carbonyl (C=O) groups is 2. The molecule has 0 amide bonds. The summed E-state index contributed by atoms with van der Waals surface area (Å²) in [5.74, 6) is -1.85. The smallest absolute Gasteiger partial charge is 0.357 e. The van der Waals surface area contributed by atoms with Crippen molar-refractivity contribution in [2.75, 3.05) is 25.7 Å². The van der Waals surface area contributed by atoms with E-state index in [-0.39, 0.29) is 47.3 Å². The molecule has 0 radical (unpaired) electrons. The van der Waals surface area contributed by atoms with E-state index < -0.39 is 23.1 Å². The zero-order chi connectivity index (χ0) is 21.6. The van der Waals surface area contributed by atoms with Crippen LogP contribution in [0.25, 0.3) is 0 Å². The number of unbranched alkanes of at least 4 members (excludes halogenated alkanes) is 2. The number of nitrogens with one attached hydrogen (secondary N) is 2. The van der Waals surface area contributed by atoms with Crippen LogP contribution in [0.4, 0.5) is 11.9 Å². The number of ether oxygens (including phenoxy) is 2. The molecule has 6 N–H and O–H groups in total. The van der Waals surface area contributed by atoms with Crippen molar-refractivity contribution in [3.05, 3.63) is 43.2 Å². The van der Waals surface area contributed by atoms with Gasteiger partial charge in [0.15, 0.2) is 11.4 Å². The van der Waals surface area contributed by atoms with Gasteiger partial charge in [-0.15, -0.1) is 0 Å². The summed E-state index contributed by atoms with van der Waals surface area (Å²) in [6.45, 7) is 0. The number of rotatable bonds is 8. The number of aromatic nitrogens is 4. The van der Waals surface area contributed by atoms with E-state index in [1.54, 1.807) is 0 Å². The van der Waals surface area contributed by atoms with Crippen LogP contribution in [0.1, 0.15) is 51.4 Å². The first kappa shape index (κ1) is 21.6. The molecule has 0 aliphatic rings. The Morgan fingerprint density at radius 2 is 1.17 bits per heavy atom. The molecule has 0 bridgehead atoms. The Hall–Kier alpha value is -3.70. The van der Waals surface area contributed by atoms with Crippen molar-refractivity contribution < 1.29 is 19.1 Å². The van der Waals surface area contributed by atoms with E-state index in [1.807, 2.05) is 0 Å². The van der Waals surface area contributed by atoms with E-state index in [2.05, 4.69) is 29.4 Å². The van der Waals surface area contributed by atoms with Crippen LogP contribution < -0.4 is 22.6 Å². The zero-order valence-corrected chi connectivity index (χ0v) is 16.0. The summed E-state index contributed by atoms with van der Waals surface area (Å²) in [6.07, 6.45) is 2.15. The van der Waals surface area contributed by atoms with Gasteiger partial charge in [-0.3, -0.25) is 19.6 Å². The highest BCUT2D eigenvalue weighted by atomic mass is 16.5. The highest BCUT2D eigenvalue weighted by molar-refractivity contribution is 5.89. The van der Waals surface area contributed by atoms with Crippen LogP contribution in [0, 0.1) is 0 Å². The Morgan fingerprint density at radius 3 is 1.52 bits per heavy atom. The minimum Gasteiger partial charge on any atom is -0.464 e. The maximum Gasteiger partial charge on any atom is 0.357 e. The Labute approximate surface area is 164 Å². The minimum absolute atomic E-state index is 0.124. The third kappa shape index (κ3) is 5.18. The molecule has 2 rings (SSSR count). The van der Waals surface area contributed by atoms with Crippen molar-refractivity contribution in [3.63, 3.8) is 0 Å². The fraction of sp³-hybridized carbons (Fsp3) is 0.412. The highest BCUT2D eigenvalue weighted by Crippen LogP contribution is 2.12. The van der Waals surface area contributed by atoms with Gasteiger partial charge in [-0.1, -0.05) is 6.42 Å². The number of H-pyrrole nitrogens is 2. The van der Waals surface area contributed by atoms with Gasteiger partial charge in [0.1, 0.15) is 0 Å². The van der Waals surface area contributed by atoms with Crippen molar-refractivity contribution in [1.29, 1.82) is 0 Å². The van der Waals surface area contributed by atoms with Gasteiger partial charge in [0.05, 0.1) is 25.3 Å². The fourth-order valence-corrected chi connectivity index (χ4v) is 2.81. The molecule has 2 heterocycles. The minimum atomic E-state index is -0.750. The lowest BCUT2D eigenvalue weighted by atomic mass is 10.0. The normalized spacial score (nSPS) is 10.6. The summed E-state index contributed by atoms with van der Waals surface area (Å²) in [4.78, 5) is 60.2. The maximum absolute atomic E-state index is 12.1. The van der Waals surface area contributed by atoms with E-state index in [0.29, 0.717) is 19.3 Å². The number of nitrogens with two attached hydrogens (primary N) is 2. The highest BCUT2D eigenvalue weighted by Gasteiger charge is 2.19. The quantitative estimate of drug-likeness (QED) is 0.329. The molecule has 0 atom stereocenters. The molecular formula is C17H22N6O6. The number of anilines is 2. The molecule has 0 aliphatic carbocycles. The number of hydrogen-bond acceptors (Lipinski definition) is 10. The summed E-state index contributed by atoms with van der Waals surface area (Å²) in [5, 5.41) is 0. The van der Waals surface area contributed by atoms with Crippen molar-refractivity contribution in [2.45, 2.75) is 32.1 Å². The average molecular weight is 406 g/mol. The zero-order valence-electron chi connectivity index (χ0n) is 16.0. The van der Waals surface area contributed by atoms with Crippen molar-refractivity contribution >= 4 is 23.8 Å². The predicted molar refractivity (Wildman–Crippen MR) is 102 cm³/mol. The van der Waals surface area contributed by atoms with Crippen LogP contribution >= 0.6 is 0 Å². The molecule has 0 fully saturated rings. The maximum atomic E-state index is 12.1. The third-order valence-corrected chi connectivity index (χ3v) is 4.18. The van der Waals surface area contributed by atoms with Gasteiger partial charge in [-0.2, -0.15) is 0 Å². The number of carbonyl (C=O) groups excluding carboxylic acids is 2. The number of hydrogen-bond donors (Lipinski definition) is 4. The van der Waals surface area contributed by atoms with Gasteiger partial charge < -0.3 is 20.9 Å². The standard InChI is InChI=1S/C17H22N6O6/c1-28-14(26)10-8(12(24)22-16(18)20-10)6-4-3-5-7-9-11(15(27)29-2)21-17(19)23-13(9)25/h3-7H2,1-2H3,(H3,18,20,22,24)(H3,19,21,23,25). The molecule has 0 aromatic carbocycles. The van der Waals surface area contributed by atoms with Crippen LogP contribution in [-0.2, 0) is 22.3 Å². The van der Waals surface area contributed by atoms with Gasteiger partial charge in [0.2, 0.25) is 11.9 Å². The summed E-state index contributed by atoms with van der Waals surface area (Å²) in [5.41, 5.74) is 10.0. The number of methoxy groups -OCH3 is 2. The lowest BCUT2D eigenvalue weighted by Gasteiger charge is -2.08. The Balaban J connectivity index is 2.05. The summed E-state index contributed by atoms with van der Waals surface area (Å²) >= 11 is 0. The second-order valence-corrected chi connectivity index (χ2v) is 6.10. The molecule has 29 heavy (non-hydrogen) atoms. The van der Waals surface area contributed by atoms with Crippen LogP contribution in [0.15, 0.2) is 9.59 Å². The molecule has 12 heteroatoms. The van der Waals surface area contributed by atoms with Gasteiger partial charge in [0, 0.05) is 0 Å². The summed E-state index contributed by atoms with van der Waals surface area (Å²) < 4.78 is 9.26. The van der Waals surface area contributed by atoms with E-state index in [1.165, 1.54) is 14.2 Å². The monoisotopic (exact) mass is 406 g/mol. The summed E-state index contributed by atoms with van der Waals surface area (Å²) in [6, 6.07) is 0.